The third kappa shape index (κ3) is 5.24. The lowest BCUT2D eigenvalue weighted by molar-refractivity contribution is 0.0544. The second kappa shape index (κ2) is 7.09. The van der Waals surface area contributed by atoms with E-state index in [1.54, 1.807) is 13.2 Å². The van der Waals surface area contributed by atoms with Crippen molar-refractivity contribution >= 4 is 5.69 Å². The van der Waals surface area contributed by atoms with Gasteiger partial charge < -0.3 is 19.9 Å². The zero-order valence-corrected chi connectivity index (χ0v) is 8.94. The van der Waals surface area contributed by atoms with Crippen molar-refractivity contribution in [3.8, 4) is 5.75 Å². The number of nitrogens with two attached hydrogens (primary N) is 1. The van der Waals surface area contributed by atoms with E-state index in [9.17, 15) is 0 Å². The summed E-state index contributed by atoms with van der Waals surface area (Å²) in [5.74, 6) is 0.769. The number of rotatable bonds is 7. The molecule has 0 atom stereocenters. The first kappa shape index (κ1) is 11.8. The van der Waals surface area contributed by atoms with E-state index in [0.29, 0.717) is 32.1 Å². The Balaban J connectivity index is 2.10. The van der Waals surface area contributed by atoms with Crippen LogP contribution >= 0.6 is 0 Å². The molecule has 1 aromatic carbocycles. The Bertz CT molecular complexity index is 278. The van der Waals surface area contributed by atoms with E-state index in [-0.39, 0.29) is 0 Å². The molecule has 0 aliphatic heterocycles. The number of nitrogen functional groups attached to an aromatic ring is 1. The average Bonchev–Trinajstić information content (AvgIpc) is 2.23. The summed E-state index contributed by atoms with van der Waals surface area (Å²) in [5, 5.41) is 0. The van der Waals surface area contributed by atoms with Crippen molar-refractivity contribution in [1.29, 1.82) is 0 Å². The summed E-state index contributed by atoms with van der Waals surface area (Å²) in [6, 6.07) is 7.33. The van der Waals surface area contributed by atoms with Crippen LogP contribution in [0, 0.1) is 0 Å². The first-order chi connectivity index (χ1) is 7.33. The van der Waals surface area contributed by atoms with Crippen LogP contribution in [0.5, 0.6) is 5.75 Å². The van der Waals surface area contributed by atoms with Crippen molar-refractivity contribution in [3.05, 3.63) is 24.3 Å². The Morgan fingerprint density at radius 1 is 1.13 bits per heavy atom. The van der Waals surface area contributed by atoms with Gasteiger partial charge in [-0.3, -0.25) is 0 Å². The van der Waals surface area contributed by atoms with Gasteiger partial charge in [0.05, 0.1) is 19.8 Å². The lowest BCUT2D eigenvalue weighted by Crippen LogP contribution is -2.10. The highest BCUT2D eigenvalue weighted by Gasteiger charge is 1.94. The summed E-state index contributed by atoms with van der Waals surface area (Å²) in [6.07, 6.45) is 0. The number of anilines is 1. The molecule has 4 nitrogen and oxygen atoms in total. The first-order valence-electron chi connectivity index (χ1n) is 4.88. The standard InChI is InChI=1S/C11H17NO3/c1-13-5-6-14-7-8-15-11-4-2-3-10(12)9-11/h2-4,9H,5-8,12H2,1H3. The quantitative estimate of drug-likeness (QED) is 0.545. The molecule has 0 spiro atoms. The molecule has 4 heteroatoms. The second-order valence-corrected chi connectivity index (χ2v) is 3.03. The molecule has 0 saturated carbocycles. The summed E-state index contributed by atoms with van der Waals surface area (Å²) in [6.45, 7) is 2.28. The van der Waals surface area contributed by atoms with Gasteiger partial charge in [-0.2, -0.15) is 0 Å². The van der Waals surface area contributed by atoms with Crippen LogP contribution in [0.15, 0.2) is 24.3 Å². The van der Waals surface area contributed by atoms with E-state index in [2.05, 4.69) is 0 Å². The van der Waals surface area contributed by atoms with Gasteiger partial charge >= 0.3 is 0 Å². The number of hydrogen-bond donors (Lipinski definition) is 1. The van der Waals surface area contributed by atoms with Gasteiger partial charge in [-0.05, 0) is 12.1 Å². The molecule has 1 rings (SSSR count). The van der Waals surface area contributed by atoms with E-state index in [1.165, 1.54) is 0 Å². The Hall–Kier alpha value is -1.26. The van der Waals surface area contributed by atoms with Crippen molar-refractivity contribution < 1.29 is 14.2 Å². The van der Waals surface area contributed by atoms with E-state index >= 15 is 0 Å². The molecule has 2 N–H and O–H groups in total. The molecule has 0 amide bonds. The van der Waals surface area contributed by atoms with Gasteiger partial charge in [-0.15, -0.1) is 0 Å². The molecule has 0 bridgehead atoms. The van der Waals surface area contributed by atoms with Crippen LogP contribution in [0.4, 0.5) is 5.69 Å². The molecule has 15 heavy (non-hydrogen) atoms. The average molecular weight is 211 g/mol. The largest absolute Gasteiger partial charge is 0.491 e. The van der Waals surface area contributed by atoms with Crippen LogP contribution in [-0.4, -0.2) is 33.5 Å². The van der Waals surface area contributed by atoms with Gasteiger partial charge in [0.15, 0.2) is 0 Å². The number of ether oxygens (including phenoxy) is 3. The van der Waals surface area contributed by atoms with E-state index in [1.807, 2.05) is 18.2 Å². The second-order valence-electron chi connectivity index (χ2n) is 3.03. The molecule has 0 aromatic heterocycles. The highest BCUT2D eigenvalue weighted by molar-refractivity contribution is 5.43. The minimum Gasteiger partial charge on any atom is -0.491 e. The molecule has 0 fully saturated rings. The molecule has 0 aliphatic carbocycles. The Labute approximate surface area is 89.9 Å². The fourth-order valence-corrected chi connectivity index (χ4v) is 1.07. The molecule has 0 heterocycles. The molecular formula is C11H17NO3. The van der Waals surface area contributed by atoms with Gasteiger partial charge in [0.1, 0.15) is 12.4 Å². The maximum absolute atomic E-state index is 5.60. The van der Waals surface area contributed by atoms with Crippen LogP contribution in [0.3, 0.4) is 0 Å². The topological polar surface area (TPSA) is 53.7 Å². The van der Waals surface area contributed by atoms with E-state index in [4.69, 9.17) is 19.9 Å². The summed E-state index contributed by atoms with van der Waals surface area (Å²) < 4.78 is 15.5. The van der Waals surface area contributed by atoms with Crippen molar-refractivity contribution in [2.75, 3.05) is 39.3 Å². The fraction of sp³-hybridized carbons (Fsp3) is 0.455. The molecular weight excluding hydrogens is 194 g/mol. The van der Waals surface area contributed by atoms with Gasteiger partial charge in [0.2, 0.25) is 0 Å². The van der Waals surface area contributed by atoms with Crippen molar-refractivity contribution in [3.63, 3.8) is 0 Å². The maximum atomic E-state index is 5.60. The van der Waals surface area contributed by atoms with Gasteiger partial charge in [0.25, 0.3) is 0 Å². The smallest absolute Gasteiger partial charge is 0.121 e. The molecule has 1 aromatic rings. The predicted molar refractivity (Wildman–Crippen MR) is 59.0 cm³/mol. The monoisotopic (exact) mass is 211 g/mol. The van der Waals surface area contributed by atoms with Crippen LogP contribution in [-0.2, 0) is 9.47 Å². The lowest BCUT2D eigenvalue weighted by atomic mass is 10.3. The zero-order chi connectivity index (χ0) is 10.9. The van der Waals surface area contributed by atoms with Crippen molar-refractivity contribution in [1.82, 2.24) is 0 Å². The predicted octanol–water partition coefficient (Wildman–Crippen LogP) is 1.31. The van der Waals surface area contributed by atoms with Gasteiger partial charge in [-0.1, -0.05) is 6.07 Å². The highest BCUT2D eigenvalue weighted by Crippen LogP contribution is 2.13. The summed E-state index contributed by atoms with van der Waals surface area (Å²) >= 11 is 0. The van der Waals surface area contributed by atoms with Gasteiger partial charge in [-0.25, -0.2) is 0 Å². The Kier molecular flexibility index (Phi) is 5.58. The third-order valence-corrected chi connectivity index (χ3v) is 1.79. The summed E-state index contributed by atoms with van der Waals surface area (Å²) in [5.41, 5.74) is 6.30. The Morgan fingerprint density at radius 3 is 2.67 bits per heavy atom. The van der Waals surface area contributed by atoms with Crippen LogP contribution < -0.4 is 10.5 Å². The first-order valence-corrected chi connectivity index (χ1v) is 4.88. The highest BCUT2D eigenvalue weighted by atomic mass is 16.5. The van der Waals surface area contributed by atoms with Crippen LogP contribution in [0.1, 0.15) is 0 Å². The van der Waals surface area contributed by atoms with Crippen molar-refractivity contribution in [2.24, 2.45) is 0 Å². The zero-order valence-electron chi connectivity index (χ0n) is 8.94. The van der Waals surface area contributed by atoms with Crippen LogP contribution in [0.25, 0.3) is 0 Å². The van der Waals surface area contributed by atoms with Crippen LogP contribution in [0.2, 0.25) is 0 Å². The number of hydrogen-bond acceptors (Lipinski definition) is 4. The SMILES string of the molecule is COCCOCCOc1cccc(N)c1. The van der Waals surface area contributed by atoms with Crippen molar-refractivity contribution in [2.45, 2.75) is 0 Å². The molecule has 0 unspecified atom stereocenters. The molecule has 84 valence electrons. The normalized spacial score (nSPS) is 10.2. The minimum atomic E-state index is 0.521. The molecule has 0 aliphatic rings. The molecule has 0 saturated heterocycles. The number of benzene rings is 1. The molecule has 0 radical (unpaired) electrons. The summed E-state index contributed by atoms with van der Waals surface area (Å²) in [7, 11) is 1.65. The van der Waals surface area contributed by atoms with E-state index < -0.39 is 0 Å². The summed E-state index contributed by atoms with van der Waals surface area (Å²) in [4.78, 5) is 0. The lowest BCUT2D eigenvalue weighted by Gasteiger charge is -2.07. The maximum Gasteiger partial charge on any atom is 0.121 e. The van der Waals surface area contributed by atoms with Gasteiger partial charge in [0, 0.05) is 18.9 Å². The fourth-order valence-electron chi connectivity index (χ4n) is 1.07. The van der Waals surface area contributed by atoms with E-state index in [0.717, 1.165) is 5.75 Å². The number of methoxy groups -OCH3 is 1. The Morgan fingerprint density at radius 2 is 1.93 bits per heavy atom. The third-order valence-electron chi connectivity index (χ3n) is 1.79. The minimum absolute atomic E-state index is 0.521.